The number of carbonyl (C=O) groups excluding carboxylic acids is 1. The van der Waals surface area contributed by atoms with Gasteiger partial charge in [-0.05, 0) is 13.3 Å². The van der Waals surface area contributed by atoms with Crippen LogP contribution >= 0.6 is 34.5 Å². The number of carboxylic acid groups (broad SMARTS) is 1. The van der Waals surface area contributed by atoms with Gasteiger partial charge in [0.1, 0.15) is 29.7 Å². The number of piperidine rings is 1. The molecule has 3 aromatic heterocycles. The van der Waals surface area contributed by atoms with Crippen LogP contribution in [0.3, 0.4) is 0 Å². The van der Waals surface area contributed by atoms with Crippen molar-refractivity contribution in [3.8, 4) is 11.5 Å². The second-order valence-electron chi connectivity index (χ2n) is 7.44. The summed E-state index contributed by atoms with van der Waals surface area (Å²) in [6.45, 7) is 2.47. The second kappa shape index (κ2) is 9.60. The molecule has 1 atom stereocenters. The van der Waals surface area contributed by atoms with Crippen LogP contribution in [0.25, 0.3) is 11.5 Å². The maximum Gasteiger partial charge on any atom is 0.348 e. The number of rotatable bonds is 6. The summed E-state index contributed by atoms with van der Waals surface area (Å²) in [6.07, 6.45) is 1.81. The first-order chi connectivity index (χ1) is 16.2. The number of carbonyl (C=O) groups is 2. The van der Waals surface area contributed by atoms with Crippen molar-refractivity contribution >= 4 is 57.3 Å². The maximum atomic E-state index is 12.8. The lowest BCUT2D eigenvalue weighted by Gasteiger charge is -2.32. The van der Waals surface area contributed by atoms with Crippen LogP contribution in [0.4, 0.5) is 5.13 Å². The third-order valence-corrected chi connectivity index (χ3v) is 7.29. The molecular weight excluding hydrogens is 507 g/mol. The van der Waals surface area contributed by atoms with Crippen molar-refractivity contribution in [2.75, 3.05) is 25.1 Å². The van der Waals surface area contributed by atoms with Crippen LogP contribution in [0, 0.1) is 6.92 Å². The number of hydrogen-bond acceptors (Lipinski definition) is 9. The average Bonchev–Trinajstić information content (AvgIpc) is 3.49. The van der Waals surface area contributed by atoms with E-state index in [1.165, 1.54) is 18.1 Å². The first kappa shape index (κ1) is 24.0. The van der Waals surface area contributed by atoms with Gasteiger partial charge in [0.15, 0.2) is 11.0 Å². The quantitative estimate of drug-likeness (QED) is 0.414. The summed E-state index contributed by atoms with van der Waals surface area (Å²) in [5.74, 6) is -1.18. The molecule has 0 bridgehead atoms. The summed E-state index contributed by atoms with van der Waals surface area (Å²) in [7, 11) is 3.07. The summed E-state index contributed by atoms with van der Waals surface area (Å²) < 4.78 is 1.46. The van der Waals surface area contributed by atoms with E-state index in [-0.39, 0.29) is 27.8 Å². The van der Waals surface area contributed by atoms with Gasteiger partial charge in [-0.15, -0.1) is 0 Å². The topological polar surface area (TPSA) is 151 Å². The van der Waals surface area contributed by atoms with Gasteiger partial charge in [-0.1, -0.05) is 39.7 Å². The van der Waals surface area contributed by atoms with E-state index in [1.54, 1.807) is 14.0 Å². The highest BCUT2D eigenvalue weighted by molar-refractivity contribution is 7.17. The van der Waals surface area contributed by atoms with E-state index in [0.717, 1.165) is 11.3 Å². The van der Waals surface area contributed by atoms with Crippen LogP contribution < -0.4 is 10.2 Å². The summed E-state index contributed by atoms with van der Waals surface area (Å²) in [5, 5.41) is 21.6. The number of aromatic carboxylic acids is 1. The average molecular weight is 527 g/mol. The van der Waals surface area contributed by atoms with Gasteiger partial charge in [0.05, 0.1) is 28.3 Å². The van der Waals surface area contributed by atoms with Crippen LogP contribution in [0.5, 0.6) is 0 Å². The van der Waals surface area contributed by atoms with Crippen molar-refractivity contribution in [1.29, 1.82) is 0 Å². The van der Waals surface area contributed by atoms with Gasteiger partial charge >= 0.3 is 5.97 Å². The standard InChI is InChI=1S/C19H20Cl2N8O4S/c1-8-11(20)12(21)13(24-8)17(30)25-9-4-5-29(6-10(9)27-33-3)19-26-14(15(34-19)18(31)32)16-22-7-23-28(16)2/h7,9,24H,4-6H2,1-3H3,(H,25,30)(H,31,32). The molecule has 0 spiro atoms. The fourth-order valence-corrected chi connectivity index (χ4v) is 4.92. The van der Waals surface area contributed by atoms with Crippen molar-refractivity contribution < 1.29 is 19.5 Å². The first-order valence-electron chi connectivity index (χ1n) is 9.99. The molecule has 1 aliphatic heterocycles. The van der Waals surface area contributed by atoms with Gasteiger partial charge in [-0.3, -0.25) is 4.79 Å². The van der Waals surface area contributed by atoms with Crippen LogP contribution in [-0.4, -0.2) is 73.7 Å². The van der Waals surface area contributed by atoms with Crippen LogP contribution in [-0.2, 0) is 11.9 Å². The van der Waals surface area contributed by atoms with E-state index in [2.05, 4.69) is 30.5 Å². The highest BCUT2D eigenvalue weighted by atomic mass is 35.5. The van der Waals surface area contributed by atoms with Gasteiger partial charge in [0, 0.05) is 19.3 Å². The minimum Gasteiger partial charge on any atom is -0.477 e. The summed E-state index contributed by atoms with van der Waals surface area (Å²) in [4.78, 5) is 43.1. The highest BCUT2D eigenvalue weighted by Gasteiger charge is 2.32. The predicted molar refractivity (Wildman–Crippen MR) is 127 cm³/mol. The highest BCUT2D eigenvalue weighted by Crippen LogP contribution is 2.33. The normalized spacial score (nSPS) is 17.3. The molecule has 4 rings (SSSR count). The molecule has 34 heavy (non-hydrogen) atoms. The Bertz CT molecular complexity index is 1280. The maximum absolute atomic E-state index is 12.8. The predicted octanol–water partition coefficient (Wildman–Crippen LogP) is 2.59. The number of H-pyrrole nitrogens is 1. The fraction of sp³-hybridized carbons (Fsp3) is 0.368. The number of anilines is 1. The Balaban J connectivity index is 1.56. The molecular formula is C19H20Cl2N8O4S. The Hall–Kier alpha value is -3.16. The van der Waals surface area contributed by atoms with Crippen molar-refractivity contribution in [3.05, 3.63) is 32.6 Å². The van der Waals surface area contributed by atoms with Crippen molar-refractivity contribution in [2.24, 2.45) is 12.2 Å². The third kappa shape index (κ3) is 4.45. The smallest absolute Gasteiger partial charge is 0.348 e. The number of aromatic nitrogens is 5. The Morgan fingerprint density at radius 3 is 2.74 bits per heavy atom. The number of hydrogen-bond donors (Lipinski definition) is 3. The van der Waals surface area contributed by atoms with E-state index in [4.69, 9.17) is 28.0 Å². The molecule has 3 N–H and O–H groups in total. The summed E-state index contributed by atoms with van der Waals surface area (Å²) in [6, 6.07) is -0.431. The molecule has 12 nitrogen and oxygen atoms in total. The molecule has 1 unspecified atom stereocenters. The zero-order valence-corrected chi connectivity index (χ0v) is 20.6. The Morgan fingerprint density at radius 1 is 1.38 bits per heavy atom. The Labute approximate surface area is 207 Å². The van der Waals surface area contributed by atoms with E-state index in [0.29, 0.717) is 40.3 Å². The number of carboxylic acids is 1. The molecule has 1 fully saturated rings. The number of nitrogens with one attached hydrogen (secondary N) is 2. The molecule has 15 heteroatoms. The SMILES string of the molecule is CON=C1CN(c2nc(-c3ncnn3C)c(C(=O)O)s2)CCC1NC(=O)c1[nH]c(C)c(Cl)c1Cl. The molecule has 3 aromatic rings. The van der Waals surface area contributed by atoms with Gasteiger partial charge in [0.2, 0.25) is 0 Å². The van der Waals surface area contributed by atoms with Crippen molar-refractivity contribution in [1.82, 2.24) is 30.0 Å². The van der Waals surface area contributed by atoms with Gasteiger partial charge in [-0.2, -0.15) is 5.10 Å². The molecule has 0 saturated carbocycles. The number of oxime groups is 1. The molecule has 0 aliphatic carbocycles. The first-order valence-corrected chi connectivity index (χ1v) is 11.6. The fourth-order valence-electron chi connectivity index (χ4n) is 3.57. The number of aromatic amines is 1. The molecule has 0 aromatic carbocycles. The van der Waals surface area contributed by atoms with E-state index < -0.39 is 17.9 Å². The van der Waals surface area contributed by atoms with E-state index in [1.807, 2.05) is 4.90 Å². The number of aryl methyl sites for hydroxylation is 2. The minimum atomic E-state index is -1.11. The van der Waals surface area contributed by atoms with Gasteiger partial charge < -0.3 is 25.1 Å². The Kier molecular flexibility index (Phi) is 6.77. The monoisotopic (exact) mass is 526 g/mol. The lowest BCUT2D eigenvalue weighted by atomic mass is 10.0. The summed E-state index contributed by atoms with van der Waals surface area (Å²) in [5.41, 5.74) is 1.54. The van der Waals surface area contributed by atoms with E-state index >= 15 is 0 Å². The largest absolute Gasteiger partial charge is 0.477 e. The van der Waals surface area contributed by atoms with Crippen LogP contribution in [0.15, 0.2) is 11.5 Å². The van der Waals surface area contributed by atoms with Crippen molar-refractivity contribution in [2.45, 2.75) is 19.4 Å². The Morgan fingerprint density at radius 2 is 2.15 bits per heavy atom. The molecule has 1 amide bonds. The zero-order chi connectivity index (χ0) is 24.6. The number of amides is 1. The van der Waals surface area contributed by atoms with Crippen molar-refractivity contribution in [3.63, 3.8) is 0 Å². The number of halogens is 2. The van der Waals surface area contributed by atoms with Gasteiger partial charge in [0.25, 0.3) is 5.91 Å². The molecule has 0 radical (unpaired) electrons. The van der Waals surface area contributed by atoms with Crippen LogP contribution in [0.1, 0.15) is 32.3 Å². The molecule has 4 heterocycles. The number of thiazole rings is 1. The lowest BCUT2D eigenvalue weighted by Crippen LogP contribution is -2.52. The molecule has 1 aliphatic rings. The second-order valence-corrected chi connectivity index (χ2v) is 9.17. The zero-order valence-electron chi connectivity index (χ0n) is 18.3. The molecule has 180 valence electrons. The number of nitrogens with zero attached hydrogens (tertiary/aromatic N) is 6. The summed E-state index contributed by atoms with van der Waals surface area (Å²) >= 11 is 13.3. The van der Waals surface area contributed by atoms with E-state index in [9.17, 15) is 14.7 Å². The third-order valence-electron chi connectivity index (χ3n) is 5.24. The van der Waals surface area contributed by atoms with Crippen LogP contribution in [0.2, 0.25) is 10.0 Å². The van der Waals surface area contributed by atoms with Gasteiger partial charge in [-0.25, -0.2) is 19.4 Å². The molecule has 1 saturated heterocycles. The lowest BCUT2D eigenvalue weighted by molar-refractivity contribution is 0.0702. The minimum absolute atomic E-state index is 0.0559.